The summed E-state index contributed by atoms with van der Waals surface area (Å²) in [6.07, 6.45) is 5.31. The number of carboxylic acids is 1. The topological polar surface area (TPSA) is 55.8 Å². The summed E-state index contributed by atoms with van der Waals surface area (Å²) < 4.78 is 12.1. The maximum Gasteiger partial charge on any atom is 0.303 e. The molecule has 1 aliphatic rings. The number of ether oxygens (including phenoxy) is 2. The standard InChI is InChI=1S/C30H34O4/c1-3-4-16-33-29-15-8-21(2)17-28(29)23-11-9-22(10-12-23)20-34-26-13-14-27-24(18-26)6-5-7-25(27)19-30(31)32/h8-15,17-18,25H,3-7,16,19-20H2,1-2H3,(H,31,32)/t25-/m0/s1. The molecule has 0 heterocycles. The van der Waals surface area contributed by atoms with E-state index in [2.05, 4.69) is 68.4 Å². The molecule has 1 N–H and O–H groups in total. The van der Waals surface area contributed by atoms with Gasteiger partial charge in [-0.05, 0) is 85.0 Å². The summed E-state index contributed by atoms with van der Waals surface area (Å²) in [6, 6.07) is 20.9. The van der Waals surface area contributed by atoms with Crippen molar-refractivity contribution >= 4 is 5.97 Å². The molecule has 0 saturated carbocycles. The molecule has 34 heavy (non-hydrogen) atoms. The smallest absolute Gasteiger partial charge is 0.303 e. The third-order valence-electron chi connectivity index (χ3n) is 6.53. The number of hydrogen-bond acceptors (Lipinski definition) is 3. The zero-order chi connectivity index (χ0) is 23.9. The molecule has 0 radical (unpaired) electrons. The SMILES string of the molecule is CCCCOc1ccc(C)cc1-c1ccc(COc2ccc3c(c2)CCC[C@H]3CC(=O)O)cc1. The van der Waals surface area contributed by atoms with Crippen LogP contribution in [0.2, 0.25) is 0 Å². The van der Waals surface area contributed by atoms with Gasteiger partial charge in [0.05, 0.1) is 13.0 Å². The number of aliphatic carboxylic acids is 1. The summed E-state index contributed by atoms with van der Waals surface area (Å²) >= 11 is 0. The van der Waals surface area contributed by atoms with Gasteiger partial charge in [-0.3, -0.25) is 4.79 Å². The second-order valence-corrected chi connectivity index (χ2v) is 9.23. The maximum absolute atomic E-state index is 11.2. The van der Waals surface area contributed by atoms with Crippen LogP contribution >= 0.6 is 0 Å². The number of unbranched alkanes of at least 4 members (excludes halogenated alkanes) is 1. The van der Waals surface area contributed by atoms with Gasteiger partial charge in [0.2, 0.25) is 0 Å². The van der Waals surface area contributed by atoms with Gasteiger partial charge < -0.3 is 14.6 Å². The van der Waals surface area contributed by atoms with Gasteiger partial charge in [0.1, 0.15) is 18.1 Å². The van der Waals surface area contributed by atoms with Gasteiger partial charge in [0.15, 0.2) is 0 Å². The van der Waals surface area contributed by atoms with Crippen molar-refractivity contribution in [1.29, 1.82) is 0 Å². The molecule has 0 saturated heterocycles. The second kappa shape index (κ2) is 11.2. The molecule has 0 aromatic heterocycles. The summed E-state index contributed by atoms with van der Waals surface area (Å²) in [7, 11) is 0. The Balaban J connectivity index is 1.42. The molecule has 0 aliphatic heterocycles. The molecule has 4 nitrogen and oxygen atoms in total. The van der Waals surface area contributed by atoms with Crippen molar-refractivity contribution in [2.45, 2.75) is 64.9 Å². The first-order valence-electron chi connectivity index (χ1n) is 12.3. The summed E-state index contributed by atoms with van der Waals surface area (Å²) in [5.41, 5.74) is 6.96. The lowest BCUT2D eigenvalue weighted by atomic mass is 9.81. The highest BCUT2D eigenvalue weighted by molar-refractivity contribution is 5.71. The number of carbonyl (C=O) groups is 1. The highest BCUT2D eigenvalue weighted by Gasteiger charge is 2.22. The lowest BCUT2D eigenvalue weighted by molar-refractivity contribution is -0.137. The van der Waals surface area contributed by atoms with Crippen LogP contribution in [0.5, 0.6) is 11.5 Å². The van der Waals surface area contributed by atoms with E-state index < -0.39 is 5.97 Å². The van der Waals surface area contributed by atoms with Crippen LogP contribution in [0.4, 0.5) is 0 Å². The second-order valence-electron chi connectivity index (χ2n) is 9.23. The minimum absolute atomic E-state index is 0.111. The van der Waals surface area contributed by atoms with E-state index in [1.807, 2.05) is 6.07 Å². The highest BCUT2D eigenvalue weighted by atomic mass is 16.5. The Morgan fingerprint density at radius 3 is 2.62 bits per heavy atom. The summed E-state index contributed by atoms with van der Waals surface area (Å²) in [5, 5.41) is 9.19. The van der Waals surface area contributed by atoms with Gasteiger partial charge in [-0.2, -0.15) is 0 Å². The Morgan fingerprint density at radius 1 is 1.03 bits per heavy atom. The Labute approximate surface area is 202 Å². The molecule has 4 heteroatoms. The fraction of sp³-hybridized carbons (Fsp3) is 0.367. The monoisotopic (exact) mass is 458 g/mol. The fourth-order valence-electron chi connectivity index (χ4n) is 4.67. The van der Waals surface area contributed by atoms with Crippen LogP contribution < -0.4 is 9.47 Å². The van der Waals surface area contributed by atoms with E-state index >= 15 is 0 Å². The van der Waals surface area contributed by atoms with Gasteiger partial charge in [0, 0.05) is 5.56 Å². The van der Waals surface area contributed by atoms with Gasteiger partial charge in [-0.25, -0.2) is 0 Å². The number of fused-ring (bicyclic) bond motifs is 1. The average Bonchev–Trinajstić information content (AvgIpc) is 2.84. The zero-order valence-corrected chi connectivity index (χ0v) is 20.2. The van der Waals surface area contributed by atoms with E-state index in [0.717, 1.165) is 66.9 Å². The predicted octanol–water partition coefficient (Wildman–Crippen LogP) is 7.31. The first kappa shape index (κ1) is 23.9. The molecule has 0 bridgehead atoms. The Bertz CT molecular complexity index is 1120. The molecular weight excluding hydrogens is 424 g/mol. The number of rotatable bonds is 10. The van der Waals surface area contributed by atoms with Crippen LogP contribution in [0, 0.1) is 6.92 Å². The van der Waals surface area contributed by atoms with Crippen LogP contribution in [0.1, 0.15) is 67.2 Å². The van der Waals surface area contributed by atoms with E-state index in [4.69, 9.17) is 9.47 Å². The van der Waals surface area contributed by atoms with Crippen LogP contribution in [0.25, 0.3) is 11.1 Å². The van der Waals surface area contributed by atoms with Crippen molar-refractivity contribution in [2.75, 3.05) is 6.61 Å². The Morgan fingerprint density at radius 2 is 1.85 bits per heavy atom. The largest absolute Gasteiger partial charge is 0.493 e. The quantitative estimate of drug-likeness (QED) is 0.324. The predicted molar refractivity (Wildman–Crippen MR) is 136 cm³/mol. The average molecular weight is 459 g/mol. The molecule has 3 aromatic rings. The molecule has 4 rings (SSSR count). The third-order valence-corrected chi connectivity index (χ3v) is 6.53. The van der Waals surface area contributed by atoms with Gasteiger partial charge in [-0.15, -0.1) is 0 Å². The third kappa shape index (κ3) is 5.99. The highest BCUT2D eigenvalue weighted by Crippen LogP contribution is 2.36. The van der Waals surface area contributed by atoms with E-state index in [9.17, 15) is 9.90 Å². The number of carboxylic acid groups (broad SMARTS) is 1. The van der Waals surface area contributed by atoms with E-state index in [1.54, 1.807) is 0 Å². The van der Waals surface area contributed by atoms with Gasteiger partial charge >= 0.3 is 5.97 Å². The maximum atomic E-state index is 11.2. The van der Waals surface area contributed by atoms with Crippen molar-refractivity contribution in [1.82, 2.24) is 0 Å². The zero-order valence-electron chi connectivity index (χ0n) is 20.2. The number of benzene rings is 3. The van der Waals surface area contributed by atoms with Crippen molar-refractivity contribution in [3.63, 3.8) is 0 Å². The van der Waals surface area contributed by atoms with Crippen molar-refractivity contribution < 1.29 is 19.4 Å². The van der Waals surface area contributed by atoms with Crippen LogP contribution in [-0.2, 0) is 17.8 Å². The minimum atomic E-state index is -0.730. The van der Waals surface area contributed by atoms with Crippen LogP contribution in [0.15, 0.2) is 60.7 Å². The summed E-state index contributed by atoms with van der Waals surface area (Å²) in [6.45, 7) is 5.49. The summed E-state index contributed by atoms with van der Waals surface area (Å²) in [5.74, 6) is 1.15. The minimum Gasteiger partial charge on any atom is -0.493 e. The first-order chi connectivity index (χ1) is 16.5. The van der Waals surface area contributed by atoms with Crippen molar-refractivity contribution in [2.24, 2.45) is 0 Å². The number of aryl methyl sites for hydroxylation is 2. The molecule has 1 atom stereocenters. The van der Waals surface area contributed by atoms with E-state index in [0.29, 0.717) is 6.61 Å². The Kier molecular flexibility index (Phi) is 7.89. The molecule has 0 spiro atoms. The molecule has 0 amide bonds. The summed E-state index contributed by atoms with van der Waals surface area (Å²) in [4.78, 5) is 11.2. The van der Waals surface area contributed by atoms with Gasteiger partial charge in [-0.1, -0.05) is 55.3 Å². The van der Waals surface area contributed by atoms with Crippen molar-refractivity contribution in [3.8, 4) is 22.6 Å². The van der Waals surface area contributed by atoms with Crippen molar-refractivity contribution in [3.05, 3.63) is 82.9 Å². The van der Waals surface area contributed by atoms with Crippen LogP contribution in [-0.4, -0.2) is 17.7 Å². The molecule has 0 unspecified atom stereocenters. The fourth-order valence-corrected chi connectivity index (χ4v) is 4.67. The first-order valence-corrected chi connectivity index (χ1v) is 12.3. The van der Waals surface area contributed by atoms with Gasteiger partial charge in [0.25, 0.3) is 0 Å². The van der Waals surface area contributed by atoms with Crippen LogP contribution in [0.3, 0.4) is 0 Å². The lowest BCUT2D eigenvalue weighted by Gasteiger charge is -2.24. The normalized spacial score (nSPS) is 14.9. The Hall–Kier alpha value is -3.27. The lowest BCUT2D eigenvalue weighted by Crippen LogP contribution is -2.13. The molecular formula is C30H34O4. The molecule has 0 fully saturated rings. The number of hydrogen-bond donors (Lipinski definition) is 1. The molecule has 178 valence electrons. The molecule has 3 aromatic carbocycles. The molecule has 1 aliphatic carbocycles. The van der Waals surface area contributed by atoms with E-state index in [1.165, 1.54) is 16.7 Å². The van der Waals surface area contributed by atoms with E-state index in [-0.39, 0.29) is 12.3 Å².